The molecule has 6 heteroatoms. The molecule has 0 saturated carbocycles. The van der Waals surface area contributed by atoms with E-state index in [0.717, 1.165) is 16.6 Å². The third-order valence-corrected chi connectivity index (χ3v) is 4.31. The lowest BCUT2D eigenvalue weighted by atomic mass is 10.1. The van der Waals surface area contributed by atoms with Crippen LogP contribution in [0, 0.1) is 0 Å². The van der Waals surface area contributed by atoms with Gasteiger partial charge in [-0.2, -0.15) is 0 Å². The van der Waals surface area contributed by atoms with Gasteiger partial charge in [0.05, 0.1) is 5.56 Å². The van der Waals surface area contributed by atoms with Crippen LogP contribution in [0.3, 0.4) is 0 Å². The maximum Gasteiger partial charge on any atom is 0.343 e. The lowest BCUT2D eigenvalue weighted by Gasteiger charge is -2.05. The summed E-state index contributed by atoms with van der Waals surface area (Å²) in [5, 5.41) is 4.99. The Morgan fingerprint density at radius 2 is 1.78 bits per heavy atom. The molecule has 0 saturated heterocycles. The zero-order valence-corrected chi connectivity index (χ0v) is 14.0. The Bertz CT molecular complexity index is 1150. The molecule has 5 rings (SSSR count). The summed E-state index contributed by atoms with van der Waals surface area (Å²) in [6, 6.07) is 19.9. The zero-order valence-electron chi connectivity index (χ0n) is 14.0. The van der Waals surface area contributed by atoms with Crippen LogP contribution in [0.1, 0.15) is 10.4 Å². The molecule has 2 heterocycles. The van der Waals surface area contributed by atoms with E-state index in [2.05, 4.69) is 5.16 Å². The number of ether oxygens (including phenoxy) is 3. The quantitative estimate of drug-likeness (QED) is 0.398. The number of nitrogens with zero attached hydrogens (tertiary/aromatic N) is 1. The largest absolute Gasteiger partial charge is 0.454 e. The second-order valence-corrected chi connectivity index (χ2v) is 6.01. The number of esters is 1. The van der Waals surface area contributed by atoms with Gasteiger partial charge in [-0.15, -0.1) is 0 Å². The summed E-state index contributed by atoms with van der Waals surface area (Å²) < 4.78 is 21.4. The number of benzene rings is 3. The van der Waals surface area contributed by atoms with Crippen molar-refractivity contribution in [1.29, 1.82) is 0 Å². The molecule has 27 heavy (non-hydrogen) atoms. The van der Waals surface area contributed by atoms with E-state index in [9.17, 15) is 4.79 Å². The van der Waals surface area contributed by atoms with E-state index < -0.39 is 5.97 Å². The number of rotatable bonds is 3. The standard InChI is InChI=1S/C21H13NO5/c23-21(14-6-9-17-19(10-14)25-12-24-17)26-15-7-8-16-18(11-15)27-22-20(16)13-4-2-1-3-5-13/h1-11H,12H2. The number of carbonyl (C=O) groups excluding carboxylic acids is 1. The number of carbonyl (C=O) groups is 1. The molecule has 4 aromatic rings. The van der Waals surface area contributed by atoms with Crippen LogP contribution in [-0.4, -0.2) is 17.9 Å². The van der Waals surface area contributed by atoms with Gasteiger partial charge < -0.3 is 18.7 Å². The summed E-state index contributed by atoms with van der Waals surface area (Å²) in [4.78, 5) is 12.4. The Morgan fingerprint density at radius 3 is 2.67 bits per heavy atom. The first-order chi connectivity index (χ1) is 13.3. The predicted molar refractivity (Wildman–Crippen MR) is 97.0 cm³/mol. The predicted octanol–water partition coefficient (Wildman–Crippen LogP) is 4.44. The smallest absolute Gasteiger partial charge is 0.343 e. The Morgan fingerprint density at radius 1 is 0.926 bits per heavy atom. The highest BCUT2D eigenvalue weighted by molar-refractivity contribution is 5.94. The molecule has 0 radical (unpaired) electrons. The van der Waals surface area contributed by atoms with Crippen molar-refractivity contribution >= 4 is 16.9 Å². The Kier molecular flexibility index (Phi) is 3.53. The molecular formula is C21H13NO5. The fraction of sp³-hybridized carbons (Fsp3) is 0.0476. The molecule has 132 valence electrons. The Labute approximate surface area is 153 Å². The van der Waals surface area contributed by atoms with E-state index in [-0.39, 0.29) is 6.79 Å². The van der Waals surface area contributed by atoms with E-state index >= 15 is 0 Å². The molecule has 1 aliphatic rings. The van der Waals surface area contributed by atoms with E-state index in [1.165, 1.54) is 0 Å². The highest BCUT2D eigenvalue weighted by atomic mass is 16.7. The normalized spacial score (nSPS) is 12.3. The summed E-state index contributed by atoms with van der Waals surface area (Å²) in [6.45, 7) is 0.153. The maximum atomic E-state index is 12.4. The van der Waals surface area contributed by atoms with Gasteiger partial charge in [-0.3, -0.25) is 0 Å². The molecule has 1 aromatic heterocycles. The van der Waals surface area contributed by atoms with Crippen LogP contribution in [0.25, 0.3) is 22.2 Å². The van der Waals surface area contributed by atoms with Gasteiger partial charge in [0.1, 0.15) is 11.4 Å². The summed E-state index contributed by atoms with van der Waals surface area (Å²) in [5.41, 5.74) is 2.63. The van der Waals surface area contributed by atoms with E-state index in [4.69, 9.17) is 18.7 Å². The summed E-state index contributed by atoms with van der Waals surface area (Å²) in [6.07, 6.45) is 0. The van der Waals surface area contributed by atoms with Crippen LogP contribution in [0.5, 0.6) is 17.2 Å². The molecular weight excluding hydrogens is 346 g/mol. The highest BCUT2D eigenvalue weighted by Gasteiger charge is 2.18. The first kappa shape index (κ1) is 15.5. The maximum absolute atomic E-state index is 12.4. The van der Waals surface area contributed by atoms with Crippen molar-refractivity contribution in [2.45, 2.75) is 0 Å². The second kappa shape index (κ2) is 6.17. The van der Waals surface area contributed by atoms with Gasteiger partial charge in [-0.25, -0.2) is 4.79 Å². The topological polar surface area (TPSA) is 70.8 Å². The van der Waals surface area contributed by atoms with Crippen LogP contribution >= 0.6 is 0 Å². The molecule has 0 N–H and O–H groups in total. The zero-order chi connectivity index (χ0) is 18.2. The molecule has 0 amide bonds. The van der Waals surface area contributed by atoms with E-state index in [0.29, 0.717) is 28.4 Å². The van der Waals surface area contributed by atoms with Crippen molar-refractivity contribution in [1.82, 2.24) is 5.16 Å². The first-order valence-corrected chi connectivity index (χ1v) is 8.35. The van der Waals surface area contributed by atoms with Crippen LogP contribution in [0.15, 0.2) is 71.3 Å². The summed E-state index contributed by atoms with van der Waals surface area (Å²) in [7, 11) is 0. The van der Waals surface area contributed by atoms with Crippen LogP contribution in [0.2, 0.25) is 0 Å². The van der Waals surface area contributed by atoms with Crippen molar-refractivity contribution < 1.29 is 23.5 Å². The lowest BCUT2D eigenvalue weighted by molar-refractivity contribution is 0.0734. The molecule has 6 nitrogen and oxygen atoms in total. The fourth-order valence-electron chi connectivity index (χ4n) is 2.98. The van der Waals surface area contributed by atoms with Crippen LogP contribution in [0.4, 0.5) is 0 Å². The lowest BCUT2D eigenvalue weighted by Crippen LogP contribution is -2.08. The van der Waals surface area contributed by atoms with Crippen LogP contribution in [-0.2, 0) is 0 Å². The molecule has 0 atom stereocenters. The fourth-order valence-corrected chi connectivity index (χ4v) is 2.98. The van der Waals surface area contributed by atoms with Crippen LogP contribution < -0.4 is 14.2 Å². The van der Waals surface area contributed by atoms with Crippen molar-refractivity contribution in [3.8, 4) is 28.5 Å². The molecule has 3 aromatic carbocycles. The SMILES string of the molecule is O=C(Oc1ccc2c(-c3ccccc3)noc2c1)c1ccc2c(c1)OCO2. The van der Waals surface area contributed by atoms with E-state index in [1.807, 2.05) is 36.4 Å². The van der Waals surface area contributed by atoms with Gasteiger partial charge in [0.15, 0.2) is 17.1 Å². The summed E-state index contributed by atoms with van der Waals surface area (Å²) >= 11 is 0. The highest BCUT2D eigenvalue weighted by Crippen LogP contribution is 2.33. The van der Waals surface area contributed by atoms with Gasteiger partial charge in [0.2, 0.25) is 6.79 Å². The third kappa shape index (κ3) is 2.77. The molecule has 1 aliphatic heterocycles. The van der Waals surface area contributed by atoms with Crippen molar-refractivity contribution in [3.05, 3.63) is 72.3 Å². The van der Waals surface area contributed by atoms with Gasteiger partial charge in [0, 0.05) is 17.0 Å². The molecule has 0 fully saturated rings. The van der Waals surface area contributed by atoms with E-state index in [1.54, 1.807) is 30.3 Å². The van der Waals surface area contributed by atoms with Gasteiger partial charge >= 0.3 is 5.97 Å². The van der Waals surface area contributed by atoms with Gasteiger partial charge in [-0.1, -0.05) is 35.5 Å². The first-order valence-electron chi connectivity index (χ1n) is 8.35. The minimum atomic E-state index is -0.490. The van der Waals surface area contributed by atoms with Crippen molar-refractivity contribution in [3.63, 3.8) is 0 Å². The van der Waals surface area contributed by atoms with Crippen molar-refractivity contribution in [2.75, 3.05) is 6.79 Å². The van der Waals surface area contributed by atoms with Gasteiger partial charge in [-0.05, 0) is 30.3 Å². The van der Waals surface area contributed by atoms with Crippen molar-refractivity contribution in [2.24, 2.45) is 0 Å². The third-order valence-electron chi connectivity index (χ3n) is 4.31. The average Bonchev–Trinajstić information content (AvgIpc) is 3.34. The number of fused-ring (bicyclic) bond motifs is 2. The Hall–Kier alpha value is -3.80. The summed E-state index contributed by atoms with van der Waals surface area (Å²) in [5.74, 6) is 1.03. The molecule has 0 spiro atoms. The molecule has 0 unspecified atom stereocenters. The Balaban J connectivity index is 1.42. The molecule has 0 bridgehead atoms. The number of hydrogen-bond acceptors (Lipinski definition) is 6. The molecule has 0 aliphatic carbocycles. The number of aromatic nitrogens is 1. The monoisotopic (exact) mass is 359 g/mol. The average molecular weight is 359 g/mol. The number of hydrogen-bond donors (Lipinski definition) is 0. The minimum Gasteiger partial charge on any atom is -0.454 e. The minimum absolute atomic E-state index is 0.153. The second-order valence-electron chi connectivity index (χ2n) is 6.01. The van der Waals surface area contributed by atoms with Gasteiger partial charge in [0.25, 0.3) is 0 Å².